The van der Waals surface area contributed by atoms with Crippen molar-refractivity contribution < 1.29 is 9.66 Å². The molecule has 9 nitrogen and oxygen atoms in total. The predicted octanol–water partition coefficient (Wildman–Crippen LogP) is 3.40. The number of nitro benzene ring substituents is 1. The van der Waals surface area contributed by atoms with E-state index in [1.807, 2.05) is 24.3 Å². The minimum Gasteiger partial charge on any atom is -0.497 e. The van der Waals surface area contributed by atoms with Gasteiger partial charge in [0.1, 0.15) is 11.4 Å². The van der Waals surface area contributed by atoms with Crippen LogP contribution in [0.3, 0.4) is 0 Å². The van der Waals surface area contributed by atoms with Crippen LogP contribution in [0.1, 0.15) is 17.0 Å². The second-order valence-corrected chi connectivity index (χ2v) is 6.81. The number of H-pyrrole nitrogens is 1. The molecule has 150 valence electrons. The Bertz CT molecular complexity index is 1100. The summed E-state index contributed by atoms with van der Waals surface area (Å²) in [5.41, 5.74) is 2.13. The Morgan fingerprint density at radius 3 is 2.66 bits per heavy atom. The monoisotopic (exact) mass is 412 g/mol. The fraction of sp³-hybridized carbons (Fsp3) is 0.211. The first kappa shape index (κ1) is 20.2. The van der Waals surface area contributed by atoms with Crippen molar-refractivity contribution >= 4 is 29.8 Å². The molecule has 0 saturated heterocycles. The van der Waals surface area contributed by atoms with Crippen LogP contribution in [-0.4, -0.2) is 47.2 Å². The zero-order valence-corrected chi connectivity index (χ0v) is 17.0. The summed E-state index contributed by atoms with van der Waals surface area (Å²) in [5, 5.41) is 22.7. The molecule has 29 heavy (non-hydrogen) atoms. The lowest BCUT2D eigenvalue weighted by molar-refractivity contribution is -0.384. The van der Waals surface area contributed by atoms with Gasteiger partial charge in [0.15, 0.2) is 5.82 Å². The Morgan fingerprint density at radius 1 is 1.31 bits per heavy atom. The molecule has 1 aromatic heterocycles. The molecule has 0 aliphatic rings. The molecule has 1 N–H and O–H groups in total. The summed E-state index contributed by atoms with van der Waals surface area (Å²) in [6, 6.07) is 12.5. The summed E-state index contributed by atoms with van der Waals surface area (Å²) < 4.78 is 7.01. The first-order chi connectivity index (χ1) is 13.9. The lowest BCUT2D eigenvalue weighted by atomic mass is 10.1. The number of aromatic nitrogens is 3. The van der Waals surface area contributed by atoms with Crippen LogP contribution < -0.4 is 9.64 Å². The molecule has 0 radical (unpaired) electrons. The molecule has 0 atom stereocenters. The first-order valence-electron chi connectivity index (χ1n) is 8.68. The number of aromatic amines is 1. The maximum Gasteiger partial charge on any atom is 0.293 e. The quantitative estimate of drug-likeness (QED) is 0.276. The van der Waals surface area contributed by atoms with Gasteiger partial charge in [-0.1, -0.05) is 18.2 Å². The predicted molar refractivity (Wildman–Crippen MR) is 114 cm³/mol. The van der Waals surface area contributed by atoms with Gasteiger partial charge in [-0.05, 0) is 36.0 Å². The third-order valence-corrected chi connectivity index (χ3v) is 4.50. The summed E-state index contributed by atoms with van der Waals surface area (Å²) in [6.45, 7) is 0. The molecule has 0 fully saturated rings. The molecule has 0 spiro atoms. The van der Waals surface area contributed by atoms with E-state index in [0.717, 1.165) is 11.3 Å². The fourth-order valence-electron chi connectivity index (χ4n) is 2.75. The molecule has 0 aliphatic carbocycles. The van der Waals surface area contributed by atoms with Crippen LogP contribution in [-0.2, 0) is 6.42 Å². The highest BCUT2D eigenvalue weighted by Gasteiger charge is 2.15. The molecule has 0 amide bonds. The second kappa shape index (κ2) is 8.65. The molecule has 3 rings (SSSR count). The summed E-state index contributed by atoms with van der Waals surface area (Å²) >= 11 is 5.26. The van der Waals surface area contributed by atoms with E-state index in [4.69, 9.17) is 17.0 Å². The van der Waals surface area contributed by atoms with E-state index in [9.17, 15) is 10.1 Å². The van der Waals surface area contributed by atoms with Crippen molar-refractivity contribution in [1.82, 2.24) is 14.9 Å². The highest BCUT2D eigenvalue weighted by molar-refractivity contribution is 7.71. The van der Waals surface area contributed by atoms with Gasteiger partial charge in [-0.2, -0.15) is 14.9 Å². The molecule has 10 heteroatoms. The number of hydrogen-bond acceptors (Lipinski definition) is 7. The molecular weight excluding hydrogens is 392 g/mol. The van der Waals surface area contributed by atoms with Crippen molar-refractivity contribution in [3.8, 4) is 5.75 Å². The van der Waals surface area contributed by atoms with Crippen LogP contribution >= 0.6 is 12.2 Å². The number of methoxy groups -OCH3 is 1. The van der Waals surface area contributed by atoms with E-state index < -0.39 is 4.92 Å². The summed E-state index contributed by atoms with van der Waals surface area (Å²) in [6.07, 6.45) is 2.03. The van der Waals surface area contributed by atoms with Crippen LogP contribution in [0.4, 0.5) is 11.4 Å². The lowest BCUT2D eigenvalue weighted by Gasteiger charge is -2.12. The zero-order chi connectivity index (χ0) is 21.0. The smallest absolute Gasteiger partial charge is 0.293 e. The summed E-state index contributed by atoms with van der Waals surface area (Å²) in [7, 11) is 5.13. The minimum atomic E-state index is -0.411. The van der Waals surface area contributed by atoms with E-state index in [1.165, 1.54) is 17.0 Å². The van der Waals surface area contributed by atoms with Gasteiger partial charge in [-0.25, -0.2) is 0 Å². The SMILES string of the molecule is COc1ccc(Cc2n[nH]c(=S)n2/N=C\c2ccc(N(C)C)c([N+](=O)[O-])c2)cc1. The Labute approximate surface area is 172 Å². The fourth-order valence-corrected chi connectivity index (χ4v) is 2.95. The highest BCUT2D eigenvalue weighted by atomic mass is 32.1. The van der Waals surface area contributed by atoms with E-state index in [-0.39, 0.29) is 5.69 Å². The average molecular weight is 412 g/mol. The van der Waals surface area contributed by atoms with Crippen molar-refractivity contribution in [2.75, 3.05) is 26.1 Å². The Morgan fingerprint density at radius 2 is 2.03 bits per heavy atom. The van der Waals surface area contributed by atoms with Crippen molar-refractivity contribution in [2.24, 2.45) is 5.10 Å². The number of nitrogens with zero attached hydrogens (tertiary/aromatic N) is 5. The molecule has 3 aromatic rings. The number of nitro groups is 1. The molecule has 2 aromatic carbocycles. The van der Waals surface area contributed by atoms with Crippen LogP contribution in [0.2, 0.25) is 0 Å². The summed E-state index contributed by atoms with van der Waals surface area (Å²) in [4.78, 5) is 12.6. The molecular formula is C19H20N6O3S. The lowest BCUT2D eigenvalue weighted by Crippen LogP contribution is -2.11. The van der Waals surface area contributed by atoms with Crippen molar-refractivity contribution in [3.63, 3.8) is 0 Å². The molecule has 0 aliphatic heterocycles. The molecule has 0 saturated carbocycles. The van der Waals surface area contributed by atoms with Crippen LogP contribution in [0.15, 0.2) is 47.6 Å². The van der Waals surface area contributed by atoms with Gasteiger partial charge >= 0.3 is 0 Å². The maximum absolute atomic E-state index is 11.4. The van der Waals surface area contributed by atoms with E-state index in [0.29, 0.717) is 28.3 Å². The first-order valence-corrected chi connectivity index (χ1v) is 9.09. The van der Waals surface area contributed by atoms with Gasteiger partial charge in [-0.15, -0.1) is 0 Å². The van der Waals surface area contributed by atoms with Gasteiger partial charge in [0.05, 0.1) is 18.2 Å². The van der Waals surface area contributed by atoms with Crippen LogP contribution in [0.25, 0.3) is 0 Å². The van der Waals surface area contributed by atoms with Gasteiger partial charge in [-0.3, -0.25) is 15.2 Å². The average Bonchev–Trinajstić information content (AvgIpc) is 3.05. The van der Waals surface area contributed by atoms with Crippen LogP contribution in [0.5, 0.6) is 5.75 Å². The van der Waals surface area contributed by atoms with Gasteiger partial charge in [0.2, 0.25) is 4.77 Å². The number of ether oxygens (including phenoxy) is 1. The van der Waals surface area contributed by atoms with Crippen molar-refractivity contribution in [2.45, 2.75) is 6.42 Å². The van der Waals surface area contributed by atoms with Gasteiger partial charge in [0.25, 0.3) is 5.69 Å². The number of hydrogen-bond donors (Lipinski definition) is 1. The summed E-state index contributed by atoms with van der Waals surface area (Å²) in [5.74, 6) is 1.39. The standard InChI is InChI=1S/C19H20N6O3S/c1-23(2)16-9-6-14(10-17(16)25(26)27)12-20-24-18(21-22-19(24)29)11-13-4-7-15(28-3)8-5-13/h4-10,12H,11H2,1-3H3,(H,22,29)/b20-12-. The Hall–Kier alpha value is -3.53. The molecule has 1 heterocycles. The minimum absolute atomic E-state index is 0.00759. The Balaban J connectivity index is 1.88. The Kier molecular flexibility index (Phi) is 6.03. The normalized spacial score (nSPS) is 11.0. The number of benzene rings is 2. The third-order valence-electron chi connectivity index (χ3n) is 4.24. The van der Waals surface area contributed by atoms with Crippen molar-refractivity contribution in [3.05, 3.63) is 74.3 Å². The van der Waals surface area contributed by atoms with Crippen molar-refractivity contribution in [1.29, 1.82) is 0 Å². The van der Waals surface area contributed by atoms with Crippen LogP contribution in [0, 0.1) is 14.9 Å². The molecule has 0 bridgehead atoms. The number of rotatable bonds is 7. The topological polar surface area (TPSA) is 102 Å². The van der Waals surface area contributed by atoms with Gasteiger partial charge in [0, 0.05) is 32.1 Å². The number of nitrogens with one attached hydrogen (secondary N) is 1. The highest BCUT2D eigenvalue weighted by Crippen LogP contribution is 2.27. The third kappa shape index (κ3) is 4.66. The number of anilines is 1. The maximum atomic E-state index is 11.4. The van der Waals surface area contributed by atoms with E-state index in [1.54, 1.807) is 38.2 Å². The largest absolute Gasteiger partial charge is 0.497 e. The van der Waals surface area contributed by atoms with E-state index in [2.05, 4.69) is 15.3 Å². The van der Waals surface area contributed by atoms with E-state index >= 15 is 0 Å². The zero-order valence-electron chi connectivity index (χ0n) is 16.2. The molecule has 0 unspecified atom stereocenters. The second-order valence-electron chi connectivity index (χ2n) is 6.43. The van der Waals surface area contributed by atoms with Gasteiger partial charge < -0.3 is 9.64 Å².